The molecule has 0 bridgehead atoms. The molecule has 1 unspecified atom stereocenters. The second-order valence-electron chi connectivity index (χ2n) is 4.24. The molecule has 20 heavy (non-hydrogen) atoms. The van der Waals surface area contributed by atoms with Gasteiger partial charge in [-0.2, -0.15) is 0 Å². The molecule has 0 aromatic heterocycles. The highest BCUT2D eigenvalue weighted by Crippen LogP contribution is 2.30. The van der Waals surface area contributed by atoms with Crippen LogP contribution in [-0.2, 0) is 9.53 Å². The third-order valence-electron chi connectivity index (χ3n) is 2.07. The highest BCUT2D eigenvalue weighted by molar-refractivity contribution is 7.49. The van der Waals surface area contributed by atoms with E-state index >= 15 is 0 Å². The van der Waals surface area contributed by atoms with Crippen LogP contribution in [0.2, 0.25) is 0 Å². The summed E-state index contributed by atoms with van der Waals surface area (Å²) in [6.07, 6.45) is -0.0973. The third kappa shape index (κ3) is 8.13. The minimum atomic E-state index is -0.905. The topological polar surface area (TPSA) is 47.6 Å². The Bertz CT molecular complexity index is 371. The Morgan fingerprint density at radius 3 is 2.20 bits per heavy atom. The van der Waals surface area contributed by atoms with E-state index in [1.54, 1.807) is 6.92 Å². The molecule has 0 fully saturated rings. The lowest BCUT2D eigenvalue weighted by atomic mass is 10.3. The SMILES string of the molecule is CC.CC(C)OC(=O)[C@@H](C)NP(C)Oc1ccccc1. The minimum Gasteiger partial charge on any atom is -0.462 e. The van der Waals surface area contributed by atoms with E-state index in [0.29, 0.717) is 0 Å². The van der Waals surface area contributed by atoms with E-state index in [9.17, 15) is 4.79 Å². The van der Waals surface area contributed by atoms with Crippen molar-refractivity contribution in [2.45, 2.75) is 46.8 Å². The van der Waals surface area contributed by atoms with Crippen LogP contribution in [0.4, 0.5) is 0 Å². The van der Waals surface area contributed by atoms with E-state index in [1.807, 2.05) is 64.7 Å². The normalized spacial score (nSPS) is 12.9. The summed E-state index contributed by atoms with van der Waals surface area (Å²) >= 11 is 0. The van der Waals surface area contributed by atoms with E-state index in [4.69, 9.17) is 9.26 Å². The van der Waals surface area contributed by atoms with Crippen molar-refractivity contribution in [1.82, 2.24) is 5.09 Å². The summed E-state index contributed by atoms with van der Waals surface area (Å²) in [6, 6.07) is 9.16. The number of rotatable bonds is 6. The zero-order valence-electron chi connectivity index (χ0n) is 13.2. The molecule has 5 heteroatoms. The van der Waals surface area contributed by atoms with Gasteiger partial charge in [0.15, 0.2) is 8.30 Å². The predicted molar refractivity (Wildman–Crippen MR) is 85.1 cm³/mol. The maximum atomic E-state index is 11.6. The Morgan fingerprint density at radius 1 is 1.15 bits per heavy atom. The molecule has 0 aliphatic heterocycles. The van der Waals surface area contributed by atoms with E-state index < -0.39 is 8.30 Å². The van der Waals surface area contributed by atoms with E-state index in [2.05, 4.69) is 5.09 Å². The zero-order valence-corrected chi connectivity index (χ0v) is 14.1. The molecular weight excluding hydrogens is 273 g/mol. The Hall–Kier alpha value is -1.12. The van der Waals surface area contributed by atoms with Gasteiger partial charge in [-0.05, 0) is 32.9 Å². The first kappa shape index (κ1) is 18.9. The molecule has 1 rings (SSSR count). The average molecular weight is 299 g/mol. The number of esters is 1. The molecule has 0 aliphatic carbocycles. The highest BCUT2D eigenvalue weighted by Gasteiger charge is 2.18. The second-order valence-corrected chi connectivity index (χ2v) is 5.67. The lowest BCUT2D eigenvalue weighted by Crippen LogP contribution is -2.34. The first-order valence-electron chi connectivity index (χ1n) is 6.92. The molecule has 1 aromatic rings. The second kappa shape index (κ2) is 10.6. The van der Waals surface area contributed by atoms with Crippen LogP contribution in [-0.4, -0.2) is 24.8 Å². The van der Waals surface area contributed by atoms with Crippen molar-refractivity contribution >= 4 is 14.3 Å². The Morgan fingerprint density at radius 2 is 1.70 bits per heavy atom. The number of hydrogen-bond acceptors (Lipinski definition) is 4. The van der Waals surface area contributed by atoms with Gasteiger partial charge >= 0.3 is 5.97 Å². The van der Waals surface area contributed by atoms with Crippen molar-refractivity contribution in [2.75, 3.05) is 6.66 Å². The van der Waals surface area contributed by atoms with Crippen LogP contribution in [0.5, 0.6) is 5.75 Å². The average Bonchev–Trinajstić information content (AvgIpc) is 2.41. The summed E-state index contributed by atoms with van der Waals surface area (Å²) < 4.78 is 10.8. The van der Waals surface area contributed by atoms with E-state index in [0.717, 1.165) is 5.75 Å². The first-order chi connectivity index (χ1) is 9.49. The smallest absolute Gasteiger partial charge is 0.323 e. The number of nitrogens with one attached hydrogen (secondary N) is 1. The molecule has 0 saturated carbocycles. The van der Waals surface area contributed by atoms with Crippen LogP contribution in [0.15, 0.2) is 30.3 Å². The van der Waals surface area contributed by atoms with Gasteiger partial charge in [-0.15, -0.1) is 0 Å². The Labute approximate surface area is 123 Å². The summed E-state index contributed by atoms with van der Waals surface area (Å²) in [5.74, 6) is 0.541. The van der Waals surface area contributed by atoms with E-state index in [1.165, 1.54) is 0 Å². The standard InChI is InChI=1S/C13H20NO3P.C2H6/c1-10(2)16-13(15)11(3)14-18(4)17-12-8-6-5-7-9-12;1-2/h5-11,14H,1-4H3;1-2H3/t11-,18?;/m1./s1. The van der Waals surface area contributed by atoms with E-state index in [-0.39, 0.29) is 18.1 Å². The van der Waals surface area contributed by atoms with Crippen molar-refractivity contribution in [1.29, 1.82) is 0 Å². The molecule has 0 aliphatic rings. The number of carbonyl (C=O) groups excluding carboxylic acids is 1. The van der Waals surface area contributed by atoms with Gasteiger partial charge in [0, 0.05) is 6.66 Å². The molecule has 4 nitrogen and oxygen atoms in total. The van der Waals surface area contributed by atoms with Gasteiger partial charge in [0.2, 0.25) is 0 Å². The van der Waals surface area contributed by atoms with Crippen LogP contribution in [0.3, 0.4) is 0 Å². The maximum absolute atomic E-state index is 11.6. The highest BCUT2D eigenvalue weighted by atomic mass is 31.2. The fourth-order valence-electron chi connectivity index (χ4n) is 1.33. The predicted octanol–water partition coefficient (Wildman–Crippen LogP) is 3.96. The van der Waals surface area contributed by atoms with Gasteiger partial charge < -0.3 is 9.26 Å². The van der Waals surface area contributed by atoms with Crippen molar-refractivity contribution in [3.8, 4) is 5.75 Å². The fourth-order valence-corrected chi connectivity index (χ4v) is 2.47. The summed E-state index contributed by atoms with van der Waals surface area (Å²) in [7, 11) is -0.905. The number of carbonyl (C=O) groups is 1. The molecule has 2 atom stereocenters. The third-order valence-corrected chi connectivity index (χ3v) is 3.30. The quantitative estimate of drug-likeness (QED) is 0.638. The summed E-state index contributed by atoms with van der Waals surface area (Å²) in [6.45, 7) is 11.4. The van der Waals surface area contributed by atoms with Gasteiger partial charge in [-0.3, -0.25) is 9.88 Å². The Kier molecular flexibility index (Phi) is 10.0. The molecule has 0 radical (unpaired) electrons. The van der Waals surface area contributed by atoms with Gasteiger partial charge in [0.25, 0.3) is 0 Å². The van der Waals surface area contributed by atoms with Crippen molar-refractivity contribution < 1.29 is 14.1 Å². The minimum absolute atomic E-state index is 0.0973. The number of benzene rings is 1. The summed E-state index contributed by atoms with van der Waals surface area (Å²) in [4.78, 5) is 11.6. The largest absolute Gasteiger partial charge is 0.462 e. The van der Waals surface area contributed by atoms with Gasteiger partial charge in [0.05, 0.1) is 6.10 Å². The molecule has 0 spiro atoms. The van der Waals surface area contributed by atoms with Gasteiger partial charge in [0.1, 0.15) is 11.8 Å². The number of para-hydroxylation sites is 1. The molecular formula is C15H26NO3P. The van der Waals surface area contributed by atoms with Crippen LogP contribution in [0.1, 0.15) is 34.6 Å². The zero-order chi connectivity index (χ0) is 15.5. The fraction of sp³-hybridized carbons (Fsp3) is 0.533. The monoisotopic (exact) mass is 299 g/mol. The molecule has 0 saturated heterocycles. The summed E-state index contributed by atoms with van der Waals surface area (Å²) in [5, 5.41) is 3.10. The lowest BCUT2D eigenvalue weighted by Gasteiger charge is -2.20. The molecule has 0 heterocycles. The lowest BCUT2D eigenvalue weighted by molar-refractivity contribution is -0.148. The maximum Gasteiger partial charge on any atom is 0.323 e. The van der Waals surface area contributed by atoms with Gasteiger partial charge in [-0.1, -0.05) is 32.0 Å². The van der Waals surface area contributed by atoms with Crippen LogP contribution >= 0.6 is 8.30 Å². The van der Waals surface area contributed by atoms with Crippen LogP contribution < -0.4 is 9.61 Å². The van der Waals surface area contributed by atoms with Crippen LogP contribution in [0.25, 0.3) is 0 Å². The molecule has 114 valence electrons. The Balaban J connectivity index is 0.00000172. The van der Waals surface area contributed by atoms with Crippen LogP contribution in [0, 0.1) is 0 Å². The molecule has 0 amide bonds. The number of hydrogen-bond donors (Lipinski definition) is 1. The number of ether oxygens (including phenoxy) is 1. The summed E-state index contributed by atoms with van der Waals surface area (Å²) in [5.41, 5.74) is 0. The van der Waals surface area contributed by atoms with Crippen molar-refractivity contribution in [3.05, 3.63) is 30.3 Å². The van der Waals surface area contributed by atoms with Gasteiger partial charge in [-0.25, -0.2) is 0 Å². The molecule has 1 aromatic carbocycles. The van der Waals surface area contributed by atoms with Crippen molar-refractivity contribution in [2.24, 2.45) is 0 Å². The van der Waals surface area contributed by atoms with Crippen molar-refractivity contribution in [3.63, 3.8) is 0 Å². The molecule has 1 N–H and O–H groups in total. The first-order valence-corrected chi connectivity index (χ1v) is 8.63.